The van der Waals surface area contributed by atoms with Crippen molar-refractivity contribution in [3.05, 3.63) is 0 Å². The van der Waals surface area contributed by atoms with Gasteiger partial charge in [-0.2, -0.15) is 0 Å². The molecule has 1 aliphatic carbocycles. The summed E-state index contributed by atoms with van der Waals surface area (Å²) in [5.74, 6) is 1.17. The van der Waals surface area contributed by atoms with Gasteiger partial charge in [-0.15, -0.1) is 0 Å². The van der Waals surface area contributed by atoms with Crippen molar-refractivity contribution in [2.24, 2.45) is 5.92 Å². The Labute approximate surface area is 92.2 Å². The molecular weight excluding hydrogens is 188 g/mol. The largest absolute Gasteiger partial charge is 0.344 e. The van der Waals surface area contributed by atoms with Gasteiger partial charge in [-0.3, -0.25) is 4.79 Å². The molecule has 86 valence electrons. The van der Waals surface area contributed by atoms with Gasteiger partial charge in [0, 0.05) is 19.6 Å². The number of nitrogens with one attached hydrogen (secondary N) is 1. The molecule has 0 aromatic heterocycles. The molecule has 2 rings (SSSR count). The smallest absolute Gasteiger partial charge is 0.239 e. The minimum absolute atomic E-state index is 0.105. The second-order valence-electron chi connectivity index (χ2n) is 5.22. The molecule has 3 heteroatoms. The summed E-state index contributed by atoms with van der Waals surface area (Å²) in [7, 11) is 1.90. The van der Waals surface area contributed by atoms with Crippen molar-refractivity contribution in [3.8, 4) is 0 Å². The van der Waals surface area contributed by atoms with Gasteiger partial charge in [0.15, 0.2) is 0 Å². The van der Waals surface area contributed by atoms with E-state index in [2.05, 4.69) is 12.2 Å². The Morgan fingerprint density at radius 1 is 1.20 bits per heavy atom. The van der Waals surface area contributed by atoms with Crippen LogP contribution in [0.5, 0.6) is 0 Å². The van der Waals surface area contributed by atoms with E-state index in [1.807, 2.05) is 11.9 Å². The van der Waals surface area contributed by atoms with E-state index in [-0.39, 0.29) is 11.9 Å². The molecule has 1 atom stereocenters. The second-order valence-corrected chi connectivity index (χ2v) is 5.22. The summed E-state index contributed by atoms with van der Waals surface area (Å²) in [6, 6.07) is 0.690. The van der Waals surface area contributed by atoms with Crippen LogP contribution in [-0.4, -0.2) is 36.5 Å². The molecule has 0 aromatic carbocycles. The van der Waals surface area contributed by atoms with Crippen LogP contribution in [0.3, 0.4) is 0 Å². The van der Waals surface area contributed by atoms with Crippen molar-refractivity contribution in [2.45, 2.75) is 51.1 Å². The fourth-order valence-electron chi connectivity index (χ4n) is 2.69. The Kier molecular flexibility index (Phi) is 3.29. The van der Waals surface area contributed by atoms with Gasteiger partial charge in [-0.1, -0.05) is 6.92 Å². The van der Waals surface area contributed by atoms with Crippen LogP contribution in [0.1, 0.15) is 39.0 Å². The number of hydrogen-bond acceptors (Lipinski definition) is 2. The quantitative estimate of drug-likeness (QED) is 0.747. The molecule has 1 unspecified atom stereocenters. The van der Waals surface area contributed by atoms with Crippen LogP contribution in [0, 0.1) is 5.92 Å². The van der Waals surface area contributed by atoms with Gasteiger partial charge < -0.3 is 10.2 Å². The molecule has 2 fully saturated rings. The predicted octanol–water partition coefficient (Wildman–Crippen LogP) is 1.39. The van der Waals surface area contributed by atoms with Crippen LogP contribution in [0.4, 0.5) is 0 Å². The number of carbonyl (C=O) groups excluding carboxylic acids is 1. The average Bonchev–Trinajstić information content (AvgIpc) is 2.53. The molecule has 0 bridgehead atoms. The van der Waals surface area contributed by atoms with E-state index < -0.39 is 0 Å². The van der Waals surface area contributed by atoms with Gasteiger partial charge in [0.1, 0.15) is 0 Å². The van der Waals surface area contributed by atoms with Crippen molar-refractivity contribution in [1.82, 2.24) is 10.2 Å². The lowest BCUT2D eigenvalue weighted by molar-refractivity contribution is -0.128. The van der Waals surface area contributed by atoms with Crippen LogP contribution < -0.4 is 5.32 Å². The Balaban J connectivity index is 1.80. The summed E-state index contributed by atoms with van der Waals surface area (Å²) in [5.41, 5.74) is 0. The third kappa shape index (κ3) is 2.51. The molecule has 0 radical (unpaired) electrons. The lowest BCUT2D eigenvalue weighted by atomic mass is 9.87. The molecule has 1 heterocycles. The number of likely N-dealkylation sites (N-methyl/N-ethyl adjacent to an activating group) is 1. The molecule has 1 saturated heterocycles. The topological polar surface area (TPSA) is 32.3 Å². The highest BCUT2D eigenvalue weighted by Crippen LogP contribution is 2.24. The zero-order valence-electron chi connectivity index (χ0n) is 9.83. The molecule has 2 aliphatic rings. The maximum Gasteiger partial charge on any atom is 0.239 e. The molecule has 15 heavy (non-hydrogen) atoms. The SMILES string of the molecule is CC1CCC(NC2CCN(C)C2=O)CC1. The number of nitrogens with zero attached hydrogens (tertiary/aromatic N) is 1. The van der Waals surface area contributed by atoms with Gasteiger partial charge >= 0.3 is 0 Å². The van der Waals surface area contributed by atoms with E-state index in [1.54, 1.807) is 0 Å². The molecule has 1 saturated carbocycles. The molecule has 1 aliphatic heterocycles. The van der Waals surface area contributed by atoms with E-state index in [4.69, 9.17) is 0 Å². The van der Waals surface area contributed by atoms with Crippen molar-refractivity contribution < 1.29 is 4.79 Å². The number of amides is 1. The van der Waals surface area contributed by atoms with E-state index in [0.717, 1.165) is 18.9 Å². The van der Waals surface area contributed by atoms with Gasteiger partial charge in [0.05, 0.1) is 6.04 Å². The summed E-state index contributed by atoms with van der Waals surface area (Å²) in [4.78, 5) is 13.5. The standard InChI is InChI=1S/C12H22N2O/c1-9-3-5-10(6-4-9)13-11-7-8-14(2)12(11)15/h9-11,13H,3-8H2,1-2H3. The number of likely N-dealkylation sites (tertiary alicyclic amines) is 1. The zero-order valence-corrected chi connectivity index (χ0v) is 9.83. The summed E-state index contributed by atoms with van der Waals surface area (Å²) in [6.45, 7) is 3.24. The minimum Gasteiger partial charge on any atom is -0.344 e. The van der Waals surface area contributed by atoms with E-state index in [9.17, 15) is 4.79 Å². The summed E-state index contributed by atoms with van der Waals surface area (Å²) in [6.07, 6.45) is 6.10. The average molecular weight is 210 g/mol. The normalized spacial score (nSPS) is 37.3. The fourth-order valence-corrected chi connectivity index (χ4v) is 2.69. The van der Waals surface area contributed by atoms with Crippen molar-refractivity contribution in [1.29, 1.82) is 0 Å². The van der Waals surface area contributed by atoms with Crippen molar-refractivity contribution in [2.75, 3.05) is 13.6 Å². The van der Waals surface area contributed by atoms with Crippen LogP contribution >= 0.6 is 0 Å². The summed E-state index contributed by atoms with van der Waals surface area (Å²) >= 11 is 0. The van der Waals surface area contributed by atoms with Gasteiger partial charge in [0.2, 0.25) is 5.91 Å². The van der Waals surface area contributed by atoms with Crippen LogP contribution in [0.25, 0.3) is 0 Å². The molecular formula is C12H22N2O. The lowest BCUT2D eigenvalue weighted by Gasteiger charge is -2.28. The maximum absolute atomic E-state index is 11.7. The Morgan fingerprint density at radius 2 is 1.87 bits per heavy atom. The first-order valence-corrected chi connectivity index (χ1v) is 6.18. The minimum atomic E-state index is 0.105. The first-order valence-electron chi connectivity index (χ1n) is 6.18. The van der Waals surface area contributed by atoms with Gasteiger partial charge in [-0.05, 0) is 38.0 Å². The van der Waals surface area contributed by atoms with Crippen LogP contribution in [0.15, 0.2) is 0 Å². The third-order valence-corrected chi connectivity index (χ3v) is 3.88. The summed E-state index contributed by atoms with van der Waals surface area (Å²) in [5, 5.41) is 3.53. The lowest BCUT2D eigenvalue weighted by Crippen LogP contribution is -2.44. The molecule has 1 N–H and O–H groups in total. The van der Waals surface area contributed by atoms with E-state index in [0.29, 0.717) is 6.04 Å². The molecule has 3 nitrogen and oxygen atoms in total. The highest BCUT2D eigenvalue weighted by molar-refractivity contribution is 5.83. The number of hydrogen-bond donors (Lipinski definition) is 1. The van der Waals surface area contributed by atoms with Gasteiger partial charge in [0.25, 0.3) is 0 Å². The fraction of sp³-hybridized carbons (Fsp3) is 0.917. The second kappa shape index (κ2) is 4.52. The first kappa shape index (κ1) is 10.9. The van der Waals surface area contributed by atoms with Gasteiger partial charge in [-0.25, -0.2) is 0 Å². The zero-order chi connectivity index (χ0) is 10.8. The summed E-state index contributed by atoms with van der Waals surface area (Å²) < 4.78 is 0. The molecule has 1 amide bonds. The number of rotatable bonds is 2. The molecule has 0 aromatic rings. The van der Waals surface area contributed by atoms with Crippen molar-refractivity contribution in [3.63, 3.8) is 0 Å². The highest BCUT2D eigenvalue weighted by atomic mass is 16.2. The molecule has 0 spiro atoms. The maximum atomic E-state index is 11.7. The van der Waals surface area contributed by atoms with Crippen molar-refractivity contribution >= 4 is 5.91 Å². The number of carbonyl (C=O) groups is 1. The predicted molar refractivity (Wildman–Crippen MR) is 60.6 cm³/mol. The third-order valence-electron chi connectivity index (χ3n) is 3.88. The van der Waals surface area contributed by atoms with Crippen LogP contribution in [-0.2, 0) is 4.79 Å². The Hall–Kier alpha value is -0.570. The first-order chi connectivity index (χ1) is 7.16. The Bertz CT molecular complexity index is 234. The van der Waals surface area contributed by atoms with E-state index >= 15 is 0 Å². The highest BCUT2D eigenvalue weighted by Gasteiger charge is 2.31. The Morgan fingerprint density at radius 3 is 2.40 bits per heavy atom. The van der Waals surface area contributed by atoms with E-state index in [1.165, 1.54) is 25.7 Å². The monoisotopic (exact) mass is 210 g/mol. The van der Waals surface area contributed by atoms with Crippen LogP contribution in [0.2, 0.25) is 0 Å².